The second-order valence-electron chi connectivity index (χ2n) is 8.78. The highest BCUT2D eigenvalue weighted by Gasteiger charge is 2.42. The number of nitrogens with one attached hydrogen (secondary N) is 1. The van der Waals surface area contributed by atoms with Crippen LogP contribution in [0.4, 0.5) is 0 Å². The van der Waals surface area contributed by atoms with Gasteiger partial charge in [-0.05, 0) is 56.9 Å². The second-order valence-corrected chi connectivity index (χ2v) is 11.0. The lowest BCUT2D eigenvalue weighted by Gasteiger charge is -2.48. The molecule has 4 rings (SSSR count). The first-order chi connectivity index (χ1) is 13.1. The summed E-state index contributed by atoms with van der Waals surface area (Å²) in [6.07, 6.45) is 9.25. The fraction of sp³-hybridized carbons (Fsp3) is 0.850. The van der Waals surface area contributed by atoms with E-state index >= 15 is 0 Å². The summed E-state index contributed by atoms with van der Waals surface area (Å²) in [4.78, 5) is 10.0. The molecule has 0 bridgehead atoms. The summed E-state index contributed by atoms with van der Waals surface area (Å²) < 4.78 is 23.4. The van der Waals surface area contributed by atoms with Crippen LogP contribution in [0.5, 0.6) is 0 Å². The van der Waals surface area contributed by atoms with Gasteiger partial charge in [0.2, 0.25) is 0 Å². The van der Waals surface area contributed by atoms with Crippen molar-refractivity contribution in [2.45, 2.75) is 50.6 Å². The molecular weight excluding hydrogens is 360 g/mol. The van der Waals surface area contributed by atoms with Crippen molar-refractivity contribution in [3.05, 3.63) is 12.7 Å². The second kappa shape index (κ2) is 8.11. The van der Waals surface area contributed by atoms with Crippen molar-refractivity contribution in [3.63, 3.8) is 0 Å². The molecule has 3 saturated heterocycles. The molecule has 1 N–H and O–H groups in total. The van der Waals surface area contributed by atoms with Crippen molar-refractivity contribution in [1.29, 1.82) is 0 Å². The molecule has 0 aromatic carbocycles. The zero-order valence-electron chi connectivity index (χ0n) is 16.4. The summed E-state index contributed by atoms with van der Waals surface area (Å²) in [6, 6.07) is 1.61. The number of hydrogen-bond donors (Lipinski definition) is 1. The summed E-state index contributed by atoms with van der Waals surface area (Å²) in [7, 11) is -2.83. The lowest BCUT2D eigenvalue weighted by Crippen LogP contribution is -2.57. The molecule has 0 aromatic heterocycles. The van der Waals surface area contributed by atoms with Gasteiger partial charge in [0.15, 0.2) is 15.8 Å². The molecule has 3 unspecified atom stereocenters. The zero-order valence-corrected chi connectivity index (χ0v) is 17.2. The van der Waals surface area contributed by atoms with E-state index in [1.165, 1.54) is 38.6 Å². The standard InChI is InChI=1S/C20H34N4O2S/c1-2-9-21-20(22-13-16-8-12-27(25,26)15-16)23-11-7-19-17(14-23)4-3-10-24(19)18-5-6-18/h2,16-19H,1,3-15H2,(H,21,22). The predicted octanol–water partition coefficient (Wildman–Crippen LogP) is 1.50. The number of rotatable bonds is 5. The highest BCUT2D eigenvalue weighted by molar-refractivity contribution is 7.91. The van der Waals surface area contributed by atoms with Gasteiger partial charge in [-0.2, -0.15) is 0 Å². The van der Waals surface area contributed by atoms with Crippen molar-refractivity contribution in [2.24, 2.45) is 16.8 Å². The lowest BCUT2D eigenvalue weighted by atomic mass is 9.83. The predicted molar refractivity (Wildman–Crippen MR) is 110 cm³/mol. The Morgan fingerprint density at radius 1 is 1.19 bits per heavy atom. The first-order valence-corrected chi connectivity index (χ1v) is 12.5. The van der Waals surface area contributed by atoms with Gasteiger partial charge in [-0.3, -0.25) is 9.89 Å². The SMILES string of the molecule is C=CCNC(=NCC1CCS(=O)(=O)C1)N1CCC2C(CCCN2C2CC2)C1. The van der Waals surface area contributed by atoms with Crippen LogP contribution in [0.1, 0.15) is 38.5 Å². The van der Waals surface area contributed by atoms with Crippen LogP contribution in [-0.2, 0) is 9.84 Å². The van der Waals surface area contributed by atoms with Crippen LogP contribution in [0.25, 0.3) is 0 Å². The molecule has 3 atom stereocenters. The Morgan fingerprint density at radius 3 is 2.74 bits per heavy atom. The van der Waals surface area contributed by atoms with E-state index in [1.54, 1.807) is 0 Å². The highest BCUT2D eigenvalue weighted by atomic mass is 32.2. The summed E-state index contributed by atoms with van der Waals surface area (Å²) in [5.41, 5.74) is 0. The fourth-order valence-corrected chi connectivity index (χ4v) is 7.01. The van der Waals surface area contributed by atoms with Gasteiger partial charge in [-0.25, -0.2) is 8.42 Å². The van der Waals surface area contributed by atoms with Crippen molar-refractivity contribution in [3.8, 4) is 0 Å². The smallest absolute Gasteiger partial charge is 0.194 e. The zero-order chi connectivity index (χ0) is 18.9. The van der Waals surface area contributed by atoms with E-state index in [-0.39, 0.29) is 5.92 Å². The number of likely N-dealkylation sites (tertiary alicyclic amines) is 2. The van der Waals surface area contributed by atoms with E-state index < -0.39 is 9.84 Å². The Labute approximate surface area is 164 Å². The van der Waals surface area contributed by atoms with Crippen LogP contribution in [0.15, 0.2) is 17.6 Å². The van der Waals surface area contributed by atoms with E-state index in [0.717, 1.165) is 43.5 Å². The van der Waals surface area contributed by atoms with Gasteiger partial charge in [-0.15, -0.1) is 6.58 Å². The molecule has 3 heterocycles. The Bertz CT molecular complexity index is 673. The van der Waals surface area contributed by atoms with Crippen LogP contribution in [0, 0.1) is 11.8 Å². The number of guanidine groups is 1. The molecule has 6 nitrogen and oxygen atoms in total. The summed E-state index contributed by atoms with van der Waals surface area (Å²) >= 11 is 0. The molecule has 4 aliphatic rings. The minimum absolute atomic E-state index is 0.174. The third kappa shape index (κ3) is 4.67. The number of fused-ring (bicyclic) bond motifs is 1. The topological polar surface area (TPSA) is 65.0 Å². The van der Waals surface area contributed by atoms with Crippen molar-refractivity contribution in [2.75, 3.05) is 44.2 Å². The number of hydrogen-bond acceptors (Lipinski definition) is 4. The van der Waals surface area contributed by atoms with Gasteiger partial charge in [0.1, 0.15) is 0 Å². The van der Waals surface area contributed by atoms with Crippen molar-refractivity contribution in [1.82, 2.24) is 15.1 Å². The lowest BCUT2D eigenvalue weighted by molar-refractivity contribution is 0.0370. The molecule has 0 radical (unpaired) electrons. The summed E-state index contributed by atoms with van der Waals surface area (Å²) in [6.45, 7) is 8.51. The first-order valence-electron chi connectivity index (χ1n) is 10.7. The summed E-state index contributed by atoms with van der Waals surface area (Å²) in [5, 5.41) is 3.42. The number of aliphatic imine (C=N–C) groups is 1. The molecule has 7 heteroatoms. The Morgan fingerprint density at radius 2 is 2.04 bits per heavy atom. The fourth-order valence-electron chi connectivity index (χ4n) is 5.16. The Kier molecular flexibility index (Phi) is 5.78. The largest absolute Gasteiger partial charge is 0.353 e. The molecule has 1 aliphatic carbocycles. The third-order valence-corrected chi connectivity index (χ3v) is 8.49. The molecule has 0 aromatic rings. The minimum atomic E-state index is -2.83. The molecule has 1 saturated carbocycles. The molecule has 152 valence electrons. The highest BCUT2D eigenvalue weighted by Crippen LogP contribution is 2.38. The maximum atomic E-state index is 11.7. The van der Waals surface area contributed by atoms with E-state index in [1.807, 2.05) is 6.08 Å². The molecule has 0 amide bonds. The van der Waals surface area contributed by atoms with E-state index in [4.69, 9.17) is 4.99 Å². The van der Waals surface area contributed by atoms with Gasteiger partial charge >= 0.3 is 0 Å². The van der Waals surface area contributed by atoms with Crippen LogP contribution < -0.4 is 5.32 Å². The number of nitrogens with zero attached hydrogens (tertiary/aromatic N) is 3. The van der Waals surface area contributed by atoms with Crippen LogP contribution >= 0.6 is 0 Å². The van der Waals surface area contributed by atoms with E-state index in [2.05, 4.69) is 21.7 Å². The molecule has 4 fully saturated rings. The quantitative estimate of drug-likeness (QED) is 0.435. The third-order valence-electron chi connectivity index (χ3n) is 6.66. The average molecular weight is 395 g/mol. The van der Waals surface area contributed by atoms with Crippen molar-refractivity contribution < 1.29 is 8.42 Å². The number of piperidine rings is 2. The molecule has 0 spiro atoms. The molecule has 27 heavy (non-hydrogen) atoms. The molecular formula is C20H34N4O2S. The van der Waals surface area contributed by atoms with Gasteiger partial charge in [-0.1, -0.05) is 6.08 Å². The van der Waals surface area contributed by atoms with Gasteiger partial charge in [0.25, 0.3) is 0 Å². The Hall–Kier alpha value is -1.08. The average Bonchev–Trinajstić information content (AvgIpc) is 3.44. The first kappa shape index (κ1) is 19.2. The number of sulfone groups is 1. The van der Waals surface area contributed by atoms with Crippen LogP contribution in [0.3, 0.4) is 0 Å². The molecule has 3 aliphatic heterocycles. The summed E-state index contributed by atoms with van der Waals surface area (Å²) in [5.74, 6) is 2.48. The Balaban J connectivity index is 1.40. The minimum Gasteiger partial charge on any atom is -0.353 e. The van der Waals surface area contributed by atoms with Gasteiger partial charge < -0.3 is 10.2 Å². The van der Waals surface area contributed by atoms with E-state index in [0.29, 0.717) is 24.6 Å². The van der Waals surface area contributed by atoms with E-state index in [9.17, 15) is 8.42 Å². The van der Waals surface area contributed by atoms with Crippen molar-refractivity contribution >= 4 is 15.8 Å². The van der Waals surface area contributed by atoms with Crippen LogP contribution in [-0.4, -0.2) is 80.5 Å². The van der Waals surface area contributed by atoms with Gasteiger partial charge in [0.05, 0.1) is 11.5 Å². The van der Waals surface area contributed by atoms with Crippen LogP contribution in [0.2, 0.25) is 0 Å². The normalized spacial score (nSPS) is 34.3. The maximum Gasteiger partial charge on any atom is 0.194 e. The maximum absolute atomic E-state index is 11.7. The monoisotopic (exact) mass is 394 g/mol. The van der Waals surface area contributed by atoms with Gasteiger partial charge in [0, 0.05) is 38.3 Å².